The van der Waals surface area contributed by atoms with Gasteiger partial charge >= 0.3 is 0 Å². The van der Waals surface area contributed by atoms with Crippen molar-refractivity contribution in [3.05, 3.63) is 10.7 Å². The lowest BCUT2D eigenvalue weighted by atomic mass is 10.3. The monoisotopic (exact) mass is 264 g/mol. The molecular formula is C11H16N6S. The first-order valence-corrected chi connectivity index (χ1v) is 6.82. The molecule has 1 saturated heterocycles. The Morgan fingerprint density at radius 3 is 2.83 bits per heavy atom. The highest BCUT2D eigenvalue weighted by Crippen LogP contribution is 2.28. The van der Waals surface area contributed by atoms with Crippen LogP contribution in [0.2, 0.25) is 0 Å². The maximum Gasteiger partial charge on any atom is 0.245 e. The predicted octanol–water partition coefficient (Wildman–Crippen LogP) is 1.08. The van der Waals surface area contributed by atoms with Gasteiger partial charge in [-0.05, 0) is 20.3 Å². The lowest BCUT2D eigenvalue weighted by molar-refractivity contribution is 0.750. The van der Waals surface area contributed by atoms with Gasteiger partial charge in [0.2, 0.25) is 5.95 Å². The van der Waals surface area contributed by atoms with Crippen LogP contribution in [0.1, 0.15) is 17.1 Å². The summed E-state index contributed by atoms with van der Waals surface area (Å²) in [6.07, 6.45) is 1.00. The zero-order valence-electron chi connectivity index (χ0n) is 10.5. The molecule has 6 nitrogen and oxygen atoms in total. The average molecular weight is 264 g/mol. The Bertz CT molecular complexity index is 560. The topological polar surface area (TPSA) is 83.7 Å². The van der Waals surface area contributed by atoms with Crippen LogP contribution in [-0.4, -0.2) is 39.3 Å². The maximum atomic E-state index is 5.89. The fraction of sp³-hybridized carbons (Fsp3) is 0.545. The molecule has 2 aromatic heterocycles. The maximum absolute atomic E-state index is 5.89. The number of aromatic nitrogens is 4. The summed E-state index contributed by atoms with van der Waals surface area (Å²) in [5.74, 6) is 1.54. The van der Waals surface area contributed by atoms with Crippen molar-refractivity contribution in [2.75, 3.05) is 18.0 Å². The van der Waals surface area contributed by atoms with E-state index in [1.165, 1.54) is 0 Å². The molecule has 1 fully saturated rings. The molecular weight excluding hydrogens is 248 g/mol. The van der Waals surface area contributed by atoms with E-state index in [1.807, 2.05) is 13.8 Å². The number of rotatable bonds is 2. The number of nitrogens with one attached hydrogen (secondary N) is 1. The Morgan fingerprint density at radius 2 is 2.22 bits per heavy atom. The highest BCUT2D eigenvalue weighted by Gasteiger charge is 2.23. The molecule has 0 spiro atoms. The van der Waals surface area contributed by atoms with E-state index in [-0.39, 0.29) is 6.04 Å². The molecule has 1 aliphatic rings. The van der Waals surface area contributed by atoms with Gasteiger partial charge in [0.15, 0.2) is 5.82 Å². The van der Waals surface area contributed by atoms with Gasteiger partial charge in [0.05, 0.1) is 15.6 Å². The second-order valence-corrected chi connectivity index (χ2v) is 5.83. The van der Waals surface area contributed by atoms with Crippen LogP contribution in [0.5, 0.6) is 0 Å². The van der Waals surface area contributed by atoms with Crippen LogP contribution in [0.4, 0.5) is 5.95 Å². The Labute approximate surface area is 109 Å². The molecule has 7 heteroatoms. The van der Waals surface area contributed by atoms with Gasteiger partial charge in [-0.3, -0.25) is 5.10 Å². The van der Waals surface area contributed by atoms with Crippen molar-refractivity contribution in [3.63, 3.8) is 0 Å². The largest absolute Gasteiger partial charge is 0.338 e. The molecule has 0 radical (unpaired) electrons. The second kappa shape index (κ2) is 4.33. The van der Waals surface area contributed by atoms with Gasteiger partial charge in [-0.2, -0.15) is 4.98 Å². The van der Waals surface area contributed by atoms with E-state index in [9.17, 15) is 0 Å². The van der Waals surface area contributed by atoms with E-state index in [0.29, 0.717) is 0 Å². The number of aryl methyl sites for hydroxylation is 2. The van der Waals surface area contributed by atoms with E-state index < -0.39 is 0 Å². The summed E-state index contributed by atoms with van der Waals surface area (Å²) in [6.45, 7) is 5.75. The van der Waals surface area contributed by atoms with Crippen LogP contribution in [-0.2, 0) is 0 Å². The number of H-pyrrole nitrogens is 1. The molecule has 18 heavy (non-hydrogen) atoms. The molecule has 1 unspecified atom stereocenters. The standard InChI is InChI=1S/C11H16N6S/c1-6-9(18-7(2)13-6)10-14-11(16-15-10)17-4-3-8(12)5-17/h8H,3-5,12H2,1-2H3,(H,14,15,16). The third-order valence-electron chi connectivity index (χ3n) is 3.10. The first-order chi connectivity index (χ1) is 8.63. The normalized spacial score (nSPS) is 19.7. The minimum Gasteiger partial charge on any atom is -0.338 e. The number of thiazole rings is 1. The quantitative estimate of drug-likeness (QED) is 0.848. The minimum atomic E-state index is 0.235. The van der Waals surface area contributed by atoms with Gasteiger partial charge in [0.1, 0.15) is 0 Å². The van der Waals surface area contributed by atoms with Crippen molar-refractivity contribution in [2.24, 2.45) is 5.73 Å². The van der Waals surface area contributed by atoms with Crippen molar-refractivity contribution in [1.82, 2.24) is 20.2 Å². The van der Waals surface area contributed by atoms with Crippen LogP contribution in [0.25, 0.3) is 10.7 Å². The van der Waals surface area contributed by atoms with Crippen molar-refractivity contribution < 1.29 is 0 Å². The molecule has 0 aromatic carbocycles. The number of hydrogen-bond donors (Lipinski definition) is 2. The Hall–Kier alpha value is -1.47. The fourth-order valence-electron chi connectivity index (χ4n) is 2.22. The molecule has 96 valence electrons. The van der Waals surface area contributed by atoms with Gasteiger partial charge < -0.3 is 10.6 Å². The van der Waals surface area contributed by atoms with Crippen molar-refractivity contribution >= 4 is 17.3 Å². The predicted molar refractivity (Wildman–Crippen MR) is 71.8 cm³/mol. The number of nitrogens with zero attached hydrogens (tertiary/aromatic N) is 4. The van der Waals surface area contributed by atoms with Gasteiger partial charge in [-0.15, -0.1) is 16.4 Å². The molecule has 3 N–H and O–H groups in total. The molecule has 3 rings (SSSR count). The summed E-state index contributed by atoms with van der Waals surface area (Å²) in [5, 5.41) is 8.31. The Balaban J connectivity index is 1.87. The van der Waals surface area contributed by atoms with Crippen molar-refractivity contribution in [1.29, 1.82) is 0 Å². The van der Waals surface area contributed by atoms with Crippen LogP contribution in [0, 0.1) is 13.8 Å². The van der Waals surface area contributed by atoms with Crippen LogP contribution >= 0.6 is 11.3 Å². The zero-order chi connectivity index (χ0) is 12.7. The lowest BCUT2D eigenvalue weighted by Crippen LogP contribution is -2.26. The average Bonchev–Trinajstić information content (AvgIpc) is 2.98. The first kappa shape index (κ1) is 11.6. The molecule has 0 aliphatic carbocycles. The number of anilines is 1. The Morgan fingerprint density at radius 1 is 1.39 bits per heavy atom. The van der Waals surface area contributed by atoms with E-state index in [1.54, 1.807) is 11.3 Å². The van der Waals surface area contributed by atoms with Gasteiger partial charge in [-0.1, -0.05) is 0 Å². The van der Waals surface area contributed by atoms with E-state index in [2.05, 4.69) is 25.1 Å². The third-order valence-corrected chi connectivity index (χ3v) is 4.18. The van der Waals surface area contributed by atoms with E-state index >= 15 is 0 Å². The molecule has 3 heterocycles. The van der Waals surface area contributed by atoms with Gasteiger partial charge in [0, 0.05) is 19.1 Å². The van der Waals surface area contributed by atoms with Gasteiger partial charge in [-0.25, -0.2) is 4.98 Å². The molecule has 2 aromatic rings. The second-order valence-electron chi connectivity index (χ2n) is 4.63. The van der Waals surface area contributed by atoms with Crippen LogP contribution in [0.15, 0.2) is 0 Å². The molecule has 1 aliphatic heterocycles. The van der Waals surface area contributed by atoms with Gasteiger partial charge in [0.25, 0.3) is 0 Å². The summed E-state index contributed by atoms with van der Waals surface area (Å²) in [4.78, 5) is 12.1. The van der Waals surface area contributed by atoms with Crippen molar-refractivity contribution in [2.45, 2.75) is 26.3 Å². The minimum absolute atomic E-state index is 0.235. The molecule has 0 bridgehead atoms. The summed E-state index contributed by atoms with van der Waals surface area (Å²) in [7, 11) is 0. The summed E-state index contributed by atoms with van der Waals surface area (Å²) < 4.78 is 0. The van der Waals surface area contributed by atoms with Crippen molar-refractivity contribution in [3.8, 4) is 10.7 Å². The number of aromatic amines is 1. The zero-order valence-corrected chi connectivity index (χ0v) is 11.3. The first-order valence-electron chi connectivity index (χ1n) is 6.01. The molecule has 0 saturated carbocycles. The lowest BCUT2D eigenvalue weighted by Gasteiger charge is -2.11. The third kappa shape index (κ3) is 1.99. The SMILES string of the molecule is Cc1nc(C)c(-c2nc(N3CCC(N)C3)n[nH]2)s1. The van der Waals surface area contributed by atoms with E-state index in [0.717, 1.165) is 46.9 Å². The smallest absolute Gasteiger partial charge is 0.245 e. The van der Waals surface area contributed by atoms with E-state index in [4.69, 9.17) is 5.73 Å². The summed E-state index contributed by atoms with van der Waals surface area (Å²) >= 11 is 1.64. The highest BCUT2D eigenvalue weighted by molar-refractivity contribution is 7.15. The number of hydrogen-bond acceptors (Lipinski definition) is 6. The number of nitrogens with two attached hydrogens (primary N) is 1. The highest BCUT2D eigenvalue weighted by atomic mass is 32.1. The van der Waals surface area contributed by atoms with Crippen LogP contribution in [0.3, 0.4) is 0 Å². The molecule has 1 atom stereocenters. The molecule has 0 amide bonds. The fourth-order valence-corrected chi connectivity index (χ4v) is 3.08. The van der Waals surface area contributed by atoms with Crippen LogP contribution < -0.4 is 10.6 Å². The Kier molecular flexibility index (Phi) is 2.79. The summed E-state index contributed by atoms with van der Waals surface area (Å²) in [6, 6.07) is 0.235. The summed E-state index contributed by atoms with van der Waals surface area (Å²) in [5.41, 5.74) is 6.89.